The third-order valence-corrected chi connectivity index (χ3v) is 12.9. The standard InChI is InChI=1S/C37H65NO12/c1-14-25-36(10)29(40)22(6)37(50-36)18(2)16-35(9,49-37)31(48-33-27(39)24(38(11)12)15-19(3)44-33)20(4)28(21(5)32(42)46-25)47-26-17-34(8,43-13)30(41)23(7)45-26/h18-31,33,39-41H,14-17H2,1-13H3/t18-,19+,20?,21+,22?,23-,24-,25-,26?,27+,28+,29-,30-,31-,33-,34+,35?,36+,37?/m0/s1. The van der Waals surface area contributed by atoms with Crippen molar-refractivity contribution in [3.63, 3.8) is 0 Å². The van der Waals surface area contributed by atoms with Crippen molar-refractivity contribution < 1.29 is 58.0 Å². The predicted octanol–water partition coefficient (Wildman–Crippen LogP) is 2.99. The van der Waals surface area contributed by atoms with Gasteiger partial charge in [0.25, 0.3) is 0 Å². The van der Waals surface area contributed by atoms with E-state index in [9.17, 15) is 20.1 Å². The van der Waals surface area contributed by atoms with Gasteiger partial charge in [-0.05, 0) is 74.9 Å². The van der Waals surface area contributed by atoms with Crippen LogP contribution in [0.1, 0.15) is 94.9 Å². The van der Waals surface area contributed by atoms with Crippen LogP contribution in [0.4, 0.5) is 0 Å². The molecular weight excluding hydrogens is 650 g/mol. The fourth-order valence-electron chi connectivity index (χ4n) is 9.81. The number of fused-ring (bicyclic) bond motifs is 2. The minimum atomic E-state index is -1.25. The summed E-state index contributed by atoms with van der Waals surface area (Å²) in [6.45, 7) is 18.9. The Balaban J connectivity index is 1.62. The first kappa shape index (κ1) is 40.2. The first-order valence-corrected chi connectivity index (χ1v) is 18.7. The maximum Gasteiger partial charge on any atom is 0.311 e. The fourth-order valence-corrected chi connectivity index (χ4v) is 9.81. The van der Waals surface area contributed by atoms with Gasteiger partial charge in [0.2, 0.25) is 0 Å². The summed E-state index contributed by atoms with van der Waals surface area (Å²) in [5, 5.41) is 34.4. The molecule has 290 valence electrons. The van der Waals surface area contributed by atoms with Crippen molar-refractivity contribution in [2.75, 3.05) is 21.2 Å². The minimum Gasteiger partial charge on any atom is -0.459 e. The van der Waals surface area contributed by atoms with Crippen molar-refractivity contribution in [3.8, 4) is 0 Å². The van der Waals surface area contributed by atoms with Gasteiger partial charge in [-0.15, -0.1) is 0 Å². The van der Waals surface area contributed by atoms with E-state index in [1.54, 1.807) is 27.9 Å². The van der Waals surface area contributed by atoms with Gasteiger partial charge < -0.3 is 58.1 Å². The Morgan fingerprint density at radius 3 is 2.18 bits per heavy atom. The van der Waals surface area contributed by atoms with Crippen molar-refractivity contribution >= 4 is 5.97 Å². The maximum absolute atomic E-state index is 14.2. The summed E-state index contributed by atoms with van der Waals surface area (Å²) in [6, 6.07) is -0.218. The quantitative estimate of drug-likeness (QED) is 0.331. The average Bonchev–Trinajstić information content (AvgIpc) is 3.42. The number of esters is 1. The van der Waals surface area contributed by atoms with Gasteiger partial charge in [0, 0.05) is 37.3 Å². The van der Waals surface area contributed by atoms with Crippen molar-refractivity contribution in [1.29, 1.82) is 0 Å². The van der Waals surface area contributed by atoms with Crippen molar-refractivity contribution in [3.05, 3.63) is 0 Å². The van der Waals surface area contributed by atoms with Crippen molar-refractivity contribution in [2.24, 2.45) is 23.7 Å². The highest BCUT2D eigenvalue weighted by atomic mass is 16.8. The molecule has 0 saturated carbocycles. The molecule has 3 bridgehead atoms. The van der Waals surface area contributed by atoms with Crippen molar-refractivity contribution in [2.45, 2.75) is 185 Å². The van der Waals surface area contributed by atoms with E-state index in [0.717, 1.165) is 0 Å². The largest absolute Gasteiger partial charge is 0.459 e. The summed E-state index contributed by atoms with van der Waals surface area (Å²) >= 11 is 0. The molecule has 19 atom stereocenters. The molecule has 0 aromatic heterocycles. The summed E-state index contributed by atoms with van der Waals surface area (Å²) < 4.78 is 52.3. The molecule has 5 unspecified atom stereocenters. The Labute approximate surface area is 298 Å². The maximum atomic E-state index is 14.2. The van der Waals surface area contributed by atoms with E-state index in [1.807, 2.05) is 60.5 Å². The van der Waals surface area contributed by atoms with E-state index < -0.39 is 102 Å². The molecular formula is C37H65NO12. The monoisotopic (exact) mass is 715 g/mol. The molecule has 5 rings (SSSR count). The van der Waals surface area contributed by atoms with Crippen LogP contribution in [0.25, 0.3) is 0 Å². The second kappa shape index (κ2) is 14.4. The third kappa shape index (κ3) is 6.69. The number of rotatable bonds is 7. The number of likely N-dealkylation sites (N-methyl/N-ethyl adjacent to an activating group) is 1. The zero-order chi connectivity index (χ0) is 37.3. The molecule has 3 N–H and O–H groups in total. The number of ether oxygens (including phenoxy) is 8. The molecule has 0 aliphatic carbocycles. The number of aliphatic hydroxyl groups is 3. The zero-order valence-electron chi connectivity index (χ0n) is 32.5. The van der Waals surface area contributed by atoms with Crippen LogP contribution in [0.3, 0.4) is 0 Å². The van der Waals surface area contributed by atoms with Gasteiger partial charge in [-0.2, -0.15) is 0 Å². The Hall–Kier alpha value is -0.970. The lowest BCUT2D eigenvalue weighted by atomic mass is 9.77. The second-order valence-electron chi connectivity index (χ2n) is 16.9. The summed E-state index contributed by atoms with van der Waals surface area (Å²) in [5.41, 5.74) is -3.25. The normalized spacial score (nSPS) is 54.7. The lowest BCUT2D eigenvalue weighted by Crippen LogP contribution is -2.61. The molecule has 5 aliphatic heterocycles. The Morgan fingerprint density at radius 1 is 0.920 bits per heavy atom. The van der Waals surface area contributed by atoms with Gasteiger partial charge in [-0.25, -0.2) is 0 Å². The highest BCUT2D eigenvalue weighted by molar-refractivity contribution is 5.73. The van der Waals surface area contributed by atoms with Crippen LogP contribution in [0.15, 0.2) is 0 Å². The molecule has 0 aromatic carbocycles. The van der Waals surface area contributed by atoms with Crippen LogP contribution in [-0.2, 0) is 42.7 Å². The molecule has 0 aromatic rings. The predicted molar refractivity (Wildman–Crippen MR) is 182 cm³/mol. The zero-order valence-corrected chi connectivity index (χ0v) is 32.5. The Kier molecular flexibility index (Phi) is 11.5. The van der Waals surface area contributed by atoms with Crippen LogP contribution in [0, 0.1) is 23.7 Å². The van der Waals surface area contributed by atoms with Gasteiger partial charge >= 0.3 is 5.97 Å². The fraction of sp³-hybridized carbons (Fsp3) is 0.973. The minimum absolute atomic E-state index is 0.194. The molecule has 1 spiro atoms. The smallest absolute Gasteiger partial charge is 0.311 e. The molecule has 13 nitrogen and oxygen atoms in total. The van der Waals surface area contributed by atoms with Gasteiger partial charge in [0.05, 0.1) is 47.6 Å². The Bertz CT molecular complexity index is 1210. The molecule has 5 aliphatic rings. The number of methoxy groups -OCH3 is 1. The van der Waals surface area contributed by atoms with Gasteiger partial charge in [-0.3, -0.25) is 4.79 Å². The number of aliphatic hydroxyl groups excluding tert-OH is 3. The average molecular weight is 716 g/mol. The molecule has 5 heterocycles. The number of carbonyl (C=O) groups excluding carboxylic acids is 1. The highest BCUT2D eigenvalue weighted by Gasteiger charge is 2.71. The SMILES string of the molecule is CC[C@@H]1OC(=O)[C@H](C)[C@H](OC2C[C@@](C)(OC)[C@@H](O)[C@H](C)O2)C(C)[C@H](O[C@@H]2O[C@H](C)C[C@H](N(C)C)[C@H]2O)C2(C)C[C@H](C)C3(O2)O[C@@]1(C)[C@@H](O)C3C. The Morgan fingerprint density at radius 2 is 1.58 bits per heavy atom. The molecule has 0 radical (unpaired) electrons. The van der Waals surface area contributed by atoms with Gasteiger partial charge in [-0.1, -0.05) is 27.7 Å². The van der Waals surface area contributed by atoms with Gasteiger partial charge in [0.1, 0.15) is 23.9 Å². The van der Waals surface area contributed by atoms with Crippen molar-refractivity contribution in [1.82, 2.24) is 4.90 Å². The lowest BCUT2D eigenvalue weighted by molar-refractivity contribution is -0.344. The number of carbonyl (C=O) groups is 1. The van der Waals surface area contributed by atoms with E-state index >= 15 is 0 Å². The first-order chi connectivity index (χ1) is 23.2. The molecule has 5 fully saturated rings. The molecule has 0 amide bonds. The van der Waals surface area contributed by atoms with E-state index in [4.69, 9.17) is 37.9 Å². The lowest BCUT2D eigenvalue weighted by Gasteiger charge is -2.49. The molecule has 50 heavy (non-hydrogen) atoms. The van der Waals surface area contributed by atoms with Crippen LogP contribution >= 0.6 is 0 Å². The van der Waals surface area contributed by atoms with Crippen LogP contribution < -0.4 is 0 Å². The van der Waals surface area contributed by atoms with E-state index in [0.29, 0.717) is 19.3 Å². The number of cyclic esters (lactones) is 1. The van der Waals surface area contributed by atoms with Crippen LogP contribution in [0.5, 0.6) is 0 Å². The number of hydrogen-bond acceptors (Lipinski definition) is 13. The number of hydrogen-bond donors (Lipinski definition) is 3. The van der Waals surface area contributed by atoms with E-state index in [1.165, 1.54) is 0 Å². The van der Waals surface area contributed by atoms with E-state index in [2.05, 4.69) is 6.92 Å². The van der Waals surface area contributed by atoms with Crippen LogP contribution in [0.2, 0.25) is 0 Å². The topological polar surface area (TPSA) is 155 Å². The second-order valence-corrected chi connectivity index (χ2v) is 16.9. The van der Waals surface area contributed by atoms with Crippen LogP contribution in [-0.4, -0.2) is 137 Å². The summed E-state index contributed by atoms with van der Waals surface area (Å²) in [6.07, 6.45) is -6.22. The molecule has 5 saturated heterocycles. The summed E-state index contributed by atoms with van der Waals surface area (Å²) in [4.78, 5) is 16.2. The van der Waals surface area contributed by atoms with E-state index in [-0.39, 0.29) is 24.5 Å². The summed E-state index contributed by atoms with van der Waals surface area (Å²) in [5.74, 6) is -3.80. The first-order valence-electron chi connectivity index (χ1n) is 18.7. The summed E-state index contributed by atoms with van der Waals surface area (Å²) in [7, 11) is 5.39. The highest BCUT2D eigenvalue weighted by Crippen LogP contribution is 2.59. The van der Waals surface area contributed by atoms with Gasteiger partial charge in [0.15, 0.2) is 18.4 Å². The third-order valence-electron chi connectivity index (χ3n) is 12.9. The molecule has 13 heteroatoms. The number of nitrogens with zero attached hydrogens (tertiary/aromatic N) is 1.